The van der Waals surface area contributed by atoms with E-state index in [4.69, 9.17) is 4.98 Å². The van der Waals surface area contributed by atoms with Gasteiger partial charge in [-0.25, -0.2) is 13.4 Å². The average molecular weight is 496 g/mol. The molecule has 1 amide bonds. The van der Waals surface area contributed by atoms with Crippen LogP contribution in [0.5, 0.6) is 0 Å². The van der Waals surface area contributed by atoms with Crippen molar-refractivity contribution in [1.82, 2.24) is 19.1 Å². The van der Waals surface area contributed by atoms with E-state index in [2.05, 4.69) is 36.4 Å². The number of fused-ring (bicyclic) bond motifs is 1. The van der Waals surface area contributed by atoms with Gasteiger partial charge in [-0.1, -0.05) is 11.3 Å². The first-order valence-corrected chi connectivity index (χ1v) is 13.3. The van der Waals surface area contributed by atoms with Gasteiger partial charge < -0.3 is 5.32 Å². The van der Waals surface area contributed by atoms with Crippen molar-refractivity contribution in [2.45, 2.75) is 38.5 Å². The van der Waals surface area contributed by atoms with Gasteiger partial charge in [0.2, 0.25) is 15.2 Å². The maximum absolute atomic E-state index is 13.0. The number of hydrogen-bond acceptors (Lipinski definition) is 6. The molecule has 0 radical (unpaired) electrons. The third-order valence-corrected chi connectivity index (χ3v) is 8.97. The molecular weight excluding hydrogens is 470 g/mol. The number of aryl methyl sites for hydroxylation is 3. The van der Waals surface area contributed by atoms with Crippen molar-refractivity contribution < 1.29 is 13.2 Å². The number of carbonyl (C=O) groups is 1. The summed E-state index contributed by atoms with van der Waals surface area (Å²) >= 11 is 1.51. The first-order valence-electron chi connectivity index (χ1n) is 11.1. The SMILES string of the molecule is Cc1cc(NC(=O)c2ccc(S(=O)(=O)N3CCCC3)cc2)n(-c2nc3cc(C)c(C)cc3s2)n1. The first kappa shape index (κ1) is 22.7. The minimum atomic E-state index is -3.52. The Morgan fingerprint density at radius 2 is 1.68 bits per heavy atom. The van der Waals surface area contributed by atoms with Gasteiger partial charge in [-0.05, 0) is 81.1 Å². The molecule has 2 aromatic heterocycles. The molecule has 0 aliphatic carbocycles. The van der Waals surface area contributed by atoms with Crippen LogP contribution in [-0.2, 0) is 10.0 Å². The second-order valence-corrected chi connectivity index (χ2v) is 11.5. The number of anilines is 1. The van der Waals surface area contributed by atoms with E-state index in [1.165, 1.54) is 51.0 Å². The molecule has 1 N–H and O–H groups in total. The molecule has 4 aromatic rings. The van der Waals surface area contributed by atoms with E-state index in [9.17, 15) is 13.2 Å². The molecule has 0 atom stereocenters. The number of benzene rings is 2. The molecule has 8 nitrogen and oxygen atoms in total. The molecule has 3 heterocycles. The van der Waals surface area contributed by atoms with Gasteiger partial charge in [0.1, 0.15) is 5.82 Å². The average Bonchev–Trinajstić information content (AvgIpc) is 3.54. The van der Waals surface area contributed by atoms with Crippen molar-refractivity contribution in [2.24, 2.45) is 0 Å². The Bertz CT molecular complexity index is 1460. The minimum absolute atomic E-state index is 0.201. The highest BCUT2D eigenvalue weighted by molar-refractivity contribution is 7.89. The Balaban J connectivity index is 1.40. The standard InChI is InChI=1S/C24H25N5O3S2/c1-15-12-20-21(13-16(15)2)33-24(25-20)29-22(14-17(3)27-29)26-23(30)18-6-8-19(9-7-18)34(31,32)28-10-4-5-11-28/h6-9,12-14H,4-5,10-11H2,1-3H3,(H,26,30). The zero-order valence-electron chi connectivity index (χ0n) is 19.2. The Kier molecular flexibility index (Phi) is 5.75. The molecule has 0 unspecified atom stereocenters. The summed E-state index contributed by atoms with van der Waals surface area (Å²) in [5, 5.41) is 8.08. The van der Waals surface area contributed by atoms with Gasteiger partial charge in [0.25, 0.3) is 5.91 Å². The number of amides is 1. The highest BCUT2D eigenvalue weighted by Crippen LogP contribution is 2.29. The lowest BCUT2D eigenvalue weighted by molar-refractivity contribution is 0.102. The number of aromatic nitrogens is 3. The van der Waals surface area contributed by atoms with Crippen molar-refractivity contribution in [1.29, 1.82) is 0 Å². The van der Waals surface area contributed by atoms with Crippen LogP contribution in [-0.4, -0.2) is 46.5 Å². The number of thiazole rings is 1. The maximum Gasteiger partial charge on any atom is 0.256 e. The molecule has 0 spiro atoms. The van der Waals surface area contributed by atoms with E-state index in [0.717, 1.165) is 28.8 Å². The molecule has 0 bridgehead atoms. The van der Waals surface area contributed by atoms with Gasteiger partial charge in [-0.15, -0.1) is 0 Å². The second kappa shape index (κ2) is 8.61. The topological polar surface area (TPSA) is 97.2 Å². The van der Waals surface area contributed by atoms with Crippen molar-refractivity contribution >= 4 is 43.3 Å². The van der Waals surface area contributed by atoms with Crippen LogP contribution >= 0.6 is 11.3 Å². The van der Waals surface area contributed by atoms with E-state index < -0.39 is 10.0 Å². The number of nitrogens with one attached hydrogen (secondary N) is 1. The monoisotopic (exact) mass is 495 g/mol. The van der Waals surface area contributed by atoms with Crippen LogP contribution in [0.25, 0.3) is 15.3 Å². The molecule has 34 heavy (non-hydrogen) atoms. The predicted octanol–water partition coefficient (Wildman–Crippen LogP) is 4.44. The molecule has 1 saturated heterocycles. The molecule has 0 saturated carbocycles. The van der Waals surface area contributed by atoms with Crippen molar-refractivity contribution in [3.63, 3.8) is 0 Å². The zero-order valence-corrected chi connectivity index (χ0v) is 20.8. The Morgan fingerprint density at radius 3 is 2.38 bits per heavy atom. The van der Waals surface area contributed by atoms with E-state index in [1.54, 1.807) is 10.7 Å². The van der Waals surface area contributed by atoms with Crippen LogP contribution in [0.4, 0.5) is 5.82 Å². The fourth-order valence-electron chi connectivity index (χ4n) is 4.04. The summed E-state index contributed by atoms with van der Waals surface area (Å²) in [5.41, 5.74) is 4.37. The number of hydrogen-bond donors (Lipinski definition) is 1. The van der Waals surface area contributed by atoms with Gasteiger partial charge >= 0.3 is 0 Å². The fraction of sp³-hybridized carbons (Fsp3) is 0.292. The third-order valence-electron chi connectivity index (χ3n) is 6.07. The summed E-state index contributed by atoms with van der Waals surface area (Å²) < 4.78 is 29.6. The molecule has 176 valence electrons. The highest BCUT2D eigenvalue weighted by Gasteiger charge is 2.27. The van der Waals surface area contributed by atoms with E-state index >= 15 is 0 Å². The second-order valence-electron chi connectivity index (χ2n) is 8.57. The maximum atomic E-state index is 13.0. The number of carbonyl (C=O) groups excluding carboxylic acids is 1. The van der Waals surface area contributed by atoms with E-state index in [0.29, 0.717) is 29.6 Å². The van der Waals surface area contributed by atoms with Crippen LogP contribution in [0.3, 0.4) is 0 Å². The summed E-state index contributed by atoms with van der Waals surface area (Å²) in [6.07, 6.45) is 1.75. The highest BCUT2D eigenvalue weighted by atomic mass is 32.2. The van der Waals surface area contributed by atoms with Crippen LogP contribution in [0, 0.1) is 20.8 Å². The summed E-state index contributed by atoms with van der Waals surface area (Å²) in [4.78, 5) is 17.9. The molecule has 1 fully saturated rings. The molecular formula is C24H25N5O3S2. The van der Waals surface area contributed by atoms with Gasteiger partial charge in [0.05, 0.1) is 20.8 Å². The Morgan fingerprint density at radius 1 is 1.00 bits per heavy atom. The van der Waals surface area contributed by atoms with Crippen LogP contribution in [0.1, 0.15) is 40.0 Å². The summed E-state index contributed by atoms with van der Waals surface area (Å²) in [7, 11) is -3.52. The van der Waals surface area contributed by atoms with Gasteiger partial charge in [-0.3, -0.25) is 4.79 Å². The van der Waals surface area contributed by atoms with Crippen LogP contribution < -0.4 is 5.32 Å². The lowest BCUT2D eigenvalue weighted by atomic mass is 10.1. The minimum Gasteiger partial charge on any atom is -0.306 e. The lowest BCUT2D eigenvalue weighted by Gasteiger charge is -2.15. The first-order chi connectivity index (χ1) is 16.2. The van der Waals surface area contributed by atoms with Gasteiger partial charge in [0.15, 0.2) is 0 Å². The van der Waals surface area contributed by atoms with E-state index in [1.807, 2.05) is 6.92 Å². The summed E-state index contributed by atoms with van der Waals surface area (Å²) in [5.74, 6) is 0.155. The van der Waals surface area contributed by atoms with E-state index in [-0.39, 0.29) is 10.8 Å². The number of sulfonamides is 1. The molecule has 10 heteroatoms. The van der Waals surface area contributed by atoms with Crippen molar-refractivity contribution in [2.75, 3.05) is 18.4 Å². The summed E-state index contributed by atoms with van der Waals surface area (Å²) in [6, 6.07) is 12.0. The molecule has 2 aromatic carbocycles. The van der Waals surface area contributed by atoms with Crippen LogP contribution in [0.15, 0.2) is 47.4 Å². The summed E-state index contributed by atoms with van der Waals surface area (Å²) in [6.45, 7) is 7.06. The normalized spacial score (nSPS) is 14.7. The number of nitrogens with zero attached hydrogens (tertiary/aromatic N) is 4. The predicted molar refractivity (Wildman–Crippen MR) is 133 cm³/mol. The smallest absolute Gasteiger partial charge is 0.256 e. The Hall–Kier alpha value is -3.08. The zero-order chi connectivity index (χ0) is 24.0. The molecule has 1 aliphatic rings. The van der Waals surface area contributed by atoms with Gasteiger partial charge in [0, 0.05) is 24.7 Å². The number of rotatable bonds is 5. The van der Waals surface area contributed by atoms with Crippen molar-refractivity contribution in [3.05, 3.63) is 64.8 Å². The third kappa shape index (κ3) is 4.13. The van der Waals surface area contributed by atoms with Gasteiger partial charge in [-0.2, -0.15) is 14.1 Å². The van der Waals surface area contributed by atoms with Crippen LogP contribution in [0.2, 0.25) is 0 Å². The van der Waals surface area contributed by atoms with Crippen molar-refractivity contribution in [3.8, 4) is 5.13 Å². The quantitative estimate of drug-likeness (QED) is 0.441. The lowest BCUT2D eigenvalue weighted by Crippen LogP contribution is -2.27. The molecule has 5 rings (SSSR count). The Labute approximate surface area is 202 Å². The molecule has 1 aliphatic heterocycles. The fourth-order valence-corrected chi connectivity index (χ4v) is 6.57. The largest absolute Gasteiger partial charge is 0.306 e.